The van der Waals surface area contributed by atoms with Gasteiger partial charge in [-0.3, -0.25) is 19.9 Å². The Kier molecular flexibility index (Phi) is 17.1. The molecule has 0 spiro atoms. The fourth-order valence-corrected chi connectivity index (χ4v) is 11.5. The highest BCUT2D eigenvalue weighted by atomic mass is 15.0. The van der Waals surface area contributed by atoms with Crippen molar-refractivity contribution in [2.75, 3.05) is 0 Å². The third-order valence-electron chi connectivity index (χ3n) is 16.6. The first kappa shape index (κ1) is 59.1. The zero-order valence-electron chi connectivity index (χ0n) is 52.0. The molecule has 0 unspecified atom stereocenters. The van der Waals surface area contributed by atoms with E-state index in [1.807, 2.05) is 122 Å². The Hall–Kier alpha value is -13.2. The number of nitrogens with zero attached hydrogens (tertiary/aromatic N) is 10. The van der Waals surface area contributed by atoms with Crippen molar-refractivity contribution in [3.05, 3.63) is 353 Å². The molecule has 16 rings (SSSR count). The van der Waals surface area contributed by atoms with Crippen LogP contribution in [0.4, 0.5) is 0 Å². The van der Waals surface area contributed by atoms with Crippen LogP contribution in [0.5, 0.6) is 0 Å². The van der Waals surface area contributed by atoms with Crippen LogP contribution >= 0.6 is 0 Å². The molecular formula is C86H58N10. The van der Waals surface area contributed by atoms with Crippen molar-refractivity contribution < 1.29 is 0 Å². The third-order valence-corrected chi connectivity index (χ3v) is 16.6. The SMILES string of the molecule is c1ccc(-c2ccc(-c3nc(-c4ccccc4)nc(-c4cccc(-c5cccc(-c6ccc(-c7cccnc7)nc6)c5)c4)n3)cc2)cc1.c1ccc(-c2ccc(-c3nc(-c4ccccc4)nc(-c4cccc(-c5cccc(-c6ccc(-c7ccncc7)nc6)c5)c4)n3)cc2)cc1. The summed E-state index contributed by atoms with van der Waals surface area (Å²) < 4.78 is 0. The Morgan fingerprint density at radius 3 is 0.771 bits per heavy atom. The molecule has 0 saturated heterocycles. The van der Waals surface area contributed by atoms with Gasteiger partial charge in [-0.2, -0.15) is 0 Å². The Balaban J connectivity index is 0.000000158. The van der Waals surface area contributed by atoms with Gasteiger partial charge in [-0.25, -0.2) is 29.9 Å². The first-order valence-corrected chi connectivity index (χ1v) is 31.6. The smallest absolute Gasteiger partial charge is 0.164 e. The van der Waals surface area contributed by atoms with Crippen LogP contribution in [-0.4, -0.2) is 49.8 Å². The van der Waals surface area contributed by atoms with Gasteiger partial charge in [0.15, 0.2) is 34.9 Å². The highest BCUT2D eigenvalue weighted by Crippen LogP contribution is 2.35. The molecule has 16 aromatic rings. The van der Waals surface area contributed by atoms with Crippen LogP contribution in [0.15, 0.2) is 353 Å². The van der Waals surface area contributed by atoms with E-state index in [1.54, 1.807) is 18.6 Å². The van der Waals surface area contributed by atoms with Crippen LogP contribution in [0.1, 0.15) is 0 Å². The van der Waals surface area contributed by atoms with Gasteiger partial charge in [-0.1, -0.05) is 255 Å². The minimum atomic E-state index is 0.624. The van der Waals surface area contributed by atoms with Gasteiger partial charge < -0.3 is 0 Å². The minimum absolute atomic E-state index is 0.624. The monoisotopic (exact) mass is 1230 g/mol. The van der Waals surface area contributed by atoms with Crippen molar-refractivity contribution >= 4 is 0 Å². The van der Waals surface area contributed by atoms with E-state index in [4.69, 9.17) is 39.9 Å². The molecule has 0 radical (unpaired) electrons. The van der Waals surface area contributed by atoms with Gasteiger partial charge >= 0.3 is 0 Å². The highest BCUT2D eigenvalue weighted by Gasteiger charge is 2.17. The standard InChI is InChI=1S/2C43H29N5/c1-3-10-30(11-4-1)31-19-21-33(22-20-31)42-46-41(32-12-5-2-6-13-32)47-43(48-42)37-17-8-15-35(27-37)34-14-7-16-36(26-34)38-23-24-40(45-29-38)39-18-9-25-44-28-39;1-3-9-30(10-4-1)31-17-19-34(20-18-31)42-46-41(33-11-5-2-6-12-33)47-43(48-42)38-16-8-14-36(28-38)35-13-7-15-37(27-35)39-21-22-40(45-29-39)32-23-25-44-26-24-32/h2*1-29H. The summed E-state index contributed by atoms with van der Waals surface area (Å²) in [5, 5.41) is 0. The Morgan fingerprint density at radius 1 is 0.146 bits per heavy atom. The molecule has 452 valence electrons. The lowest BCUT2D eigenvalue weighted by Crippen LogP contribution is -2.00. The predicted molar refractivity (Wildman–Crippen MR) is 387 cm³/mol. The molecular weight excluding hydrogens is 1170 g/mol. The van der Waals surface area contributed by atoms with E-state index in [-0.39, 0.29) is 0 Å². The molecule has 96 heavy (non-hydrogen) atoms. The summed E-state index contributed by atoms with van der Waals surface area (Å²) in [6.07, 6.45) is 11.0. The van der Waals surface area contributed by atoms with Crippen LogP contribution in [0.3, 0.4) is 0 Å². The second-order valence-corrected chi connectivity index (χ2v) is 22.9. The molecule has 10 aromatic carbocycles. The molecule has 0 N–H and O–H groups in total. The quantitative estimate of drug-likeness (QED) is 0.104. The van der Waals surface area contributed by atoms with E-state index in [2.05, 4.69) is 222 Å². The minimum Gasteiger partial charge on any atom is -0.265 e. The molecule has 0 aliphatic rings. The van der Waals surface area contributed by atoms with Gasteiger partial charge in [0.1, 0.15) is 0 Å². The first-order chi connectivity index (χ1) is 47.5. The van der Waals surface area contributed by atoms with Crippen LogP contribution in [-0.2, 0) is 0 Å². The van der Waals surface area contributed by atoms with Crippen molar-refractivity contribution in [3.8, 4) is 158 Å². The molecule has 0 bridgehead atoms. The van der Waals surface area contributed by atoms with E-state index in [0.717, 1.165) is 112 Å². The van der Waals surface area contributed by atoms with Gasteiger partial charge in [0.2, 0.25) is 0 Å². The lowest BCUT2D eigenvalue weighted by molar-refractivity contribution is 1.07. The molecule has 0 saturated carbocycles. The normalized spacial score (nSPS) is 10.9. The summed E-state index contributed by atoms with van der Waals surface area (Å²) in [6.45, 7) is 0. The average molecular weight is 1230 g/mol. The number of hydrogen-bond acceptors (Lipinski definition) is 10. The van der Waals surface area contributed by atoms with Crippen LogP contribution < -0.4 is 0 Å². The summed E-state index contributed by atoms with van der Waals surface area (Å²) in [5.41, 5.74) is 22.7. The van der Waals surface area contributed by atoms with E-state index in [1.165, 1.54) is 11.1 Å². The molecule has 0 fully saturated rings. The molecule has 10 nitrogen and oxygen atoms in total. The van der Waals surface area contributed by atoms with Crippen molar-refractivity contribution in [2.45, 2.75) is 0 Å². The number of benzene rings is 10. The summed E-state index contributed by atoms with van der Waals surface area (Å²) in [7, 11) is 0. The maximum absolute atomic E-state index is 5.00. The molecule has 6 aromatic heterocycles. The number of aromatic nitrogens is 10. The van der Waals surface area contributed by atoms with E-state index < -0.39 is 0 Å². The predicted octanol–water partition coefficient (Wildman–Crippen LogP) is 20.7. The molecule has 10 heteroatoms. The zero-order chi connectivity index (χ0) is 64.2. The van der Waals surface area contributed by atoms with Crippen molar-refractivity contribution in [1.29, 1.82) is 0 Å². The van der Waals surface area contributed by atoms with Crippen molar-refractivity contribution in [2.24, 2.45) is 0 Å². The van der Waals surface area contributed by atoms with Crippen molar-refractivity contribution in [3.63, 3.8) is 0 Å². The third kappa shape index (κ3) is 13.6. The van der Waals surface area contributed by atoms with Crippen LogP contribution in [0.2, 0.25) is 0 Å². The van der Waals surface area contributed by atoms with Crippen LogP contribution in [0, 0.1) is 0 Å². The number of rotatable bonds is 14. The van der Waals surface area contributed by atoms with Crippen LogP contribution in [0.25, 0.3) is 158 Å². The summed E-state index contributed by atoms with van der Waals surface area (Å²) in [6, 6.07) is 108. The van der Waals surface area contributed by atoms with Gasteiger partial charge in [0, 0.05) is 92.8 Å². The number of hydrogen-bond donors (Lipinski definition) is 0. The van der Waals surface area contributed by atoms with Gasteiger partial charge in [-0.15, -0.1) is 0 Å². The van der Waals surface area contributed by atoms with E-state index in [0.29, 0.717) is 34.9 Å². The second kappa shape index (κ2) is 27.7. The summed E-state index contributed by atoms with van der Waals surface area (Å²) in [5.74, 6) is 3.79. The Morgan fingerprint density at radius 2 is 0.417 bits per heavy atom. The molecule has 0 aliphatic heterocycles. The molecule has 0 amide bonds. The maximum atomic E-state index is 5.00. The lowest BCUT2D eigenvalue weighted by atomic mass is 9.98. The second-order valence-electron chi connectivity index (χ2n) is 22.9. The first-order valence-electron chi connectivity index (χ1n) is 31.6. The summed E-state index contributed by atoms with van der Waals surface area (Å²) in [4.78, 5) is 47.5. The average Bonchev–Trinajstić information content (AvgIpc) is 0.906. The maximum Gasteiger partial charge on any atom is 0.164 e. The topological polar surface area (TPSA) is 129 Å². The number of pyridine rings is 4. The molecule has 0 aliphatic carbocycles. The fraction of sp³-hybridized carbons (Fsp3) is 0. The lowest BCUT2D eigenvalue weighted by Gasteiger charge is -2.11. The van der Waals surface area contributed by atoms with E-state index in [9.17, 15) is 0 Å². The largest absolute Gasteiger partial charge is 0.265 e. The van der Waals surface area contributed by atoms with Gasteiger partial charge in [-0.05, 0) is 116 Å². The molecule has 0 atom stereocenters. The van der Waals surface area contributed by atoms with Gasteiger partial charge in [0.25, 0.3) is 0 Å². The fourth-order valence-electron chi connectivity index (χ4n) is 11.5. The Bertz CT molecular complexity index is 4940. The van der Waals surface area contributed by atoms with Crippen molar-refractivity contribution in [1.82, 2.24) is 49.8 Å². The Labute approximate surface area is 556 Å². The zero-order valence-corrected chi connectivity index (χ0v) is 52.0. The van der Waals surface area contributed by atoms with E-state index >= 15 is 0 Å². The summed E-state index contributed by atoms with van der Waals surface area (Å²) >= 11 is 0. The molecule has 6 heterocycles. The highest BCUT2D eigenvalue weighted by molar-refractivity contribution is 5.80. The van der Waals surface area contributed by atoms with Gasteiger partial charge in [0.05, 0.1) is 11.4 Å².